The summed E-state index contributed by atoms with van der Waals surface area (Å²) in [4.78, 5) is 23.6. The van der Waals surface area contributed by atoms with E-state index in [2.05, 4.69) is 20.3 Å². The first kappa shape index (κ1) is 38.0. The van der Waals surface area contributed by atoms with E-state index in [1.165, 1.54) is 56.9 Å². The van der Waals surface area contributed by atoms with Gasteiger partial charge in [-0.3, -0.25) is 9.10 Å². The number of para-hydroxylation sites is 1. The number of hydrogen-bond acceptors (Lipinski definition) is 9. The third kappa shape index (κ3) is 8.10. The predicted octanol–water partition coefficient (Wildman–Crippen LogP) is 7.90. The monoisotopic (exact) mass is 776 g/mol. The number of nitrogens with zero attached hydrogens (tertiary/aromatic N) is 3. The Labute approximate surface area is 315 Å². The Kier molecular flexibility index (Phi) is 11.2. The van der Waals surface area contributed by atoms with E-state index in [1.807, 2.05) is 44.2 Å². The average Bonchev–Trinajstić information content (AvgIpc) is 3.14. The minimum absolute atomic E-state index is 0.0192. The van der Waals surface area contributed by atoms with Gasteiger partial charge in [0.25, 0.3) is 15.9 Å². The number of aryl methyl sites for hydroxylation is 1. The zero-order chi connectivity index (χ0) is 37.9. The number of amidine groups is 1. The number of amides is 1. The quantitative estimate of drug-likeness (QED) is 0.131. The smallest absolute Gasteiger partial charge is 0.278 e. The van der Waals surface area contributed by atoms with E-state index in [1.54, 1.807) is 12.1 Å². The van der Waals surface area contributed by atoms with Crippen molar-refractivity contribution in [3.05, 3.63) is 95.0 Å². The van der Waals surface area contributed by atoms with Crippen molar-refractivity contribution in [2.45, 2.75) is 61.7 Å². The number of carbonyl (C=O) groups is 1. The lowest BCUT2D eigenvalue weighted by atomic mass is 9.84. The molecule has 1 amide bonds. The second-order valence-electron chi connectivity index (χ2n) is 12.8. The van der Waals surface area contributed by atoms with Crippen molar-refractivity contribution in [1.29, 1.82) is 0 Å². The first-order valence-electron chi connectivity index (χ1n) is 17.3. The van der Waals surface area contributed by atoms with Crippen LogP contribution in [0.2, 0.25) is 5.02 Å². The van der Waals surface area contributed by atoms with Crippen LogP contribution < -0.4 is 20.1 Å². The van der Waals surface area contributed by atoms with Crippen LogP contribution in [0.4, 0.5) is 22.7 Å². The minimum Gasteiger partial charge on any atom is -0.455 e. The number of halogens is 1. The summed E-state index contributed by atoms with van der Waals surface area (Å²) >= 11 is 6.15. The Morgan fingerprint density at radius 2 is 1.75 bits per heavy atom. The first-order chi connectivity index (χ1) is 25.3. The number of rotatable bonds is 11. The molecular formula is C38H41ClN6O6S2. The summed E-state index contributed by atoms with van der Waals surface area (Å²) in [5.74, 6) is -0.0577. The highest BCUT2D eigenvalue weighted by Gasteiger charge is 2.37. The van der Waals surface area contributed by atoms with E-state index in [0.29, 0.717) is 29.5 Å². The largest absolute Gasteiger partial charge is 0.455 e. The summed E-state index contributed by atoms with van der Waals surface area (Å²) in [6.07, 6.45) is 5.45. The van der Waals surface area contributed by atoms with E-state index < -0.39 is 26.0 Å². The third-order valence-corrected chi connectivity index (χ3v) is 12.7. The van der Waals surface area contributed by atoms with Gasteiger partial charge in [-0.2, -0.15) is 0 Å². The van der Waals surface area contributed by atoms with Gasteiger partial charge in [0.1, 0.15) is 10.6 Å². The van der Waals surface area contributed by atoms with Crippen molar-refractivity contribution < 1.29 is 26.4 Å². The van der Waals surface area contributed by atoms with Crippen molar-refractivity contribution in [2.24, 2.45) is 9.98 Å². The average molecular weight is 777 g/mol. The summed E-state index contributed by atoms with van der Waals surface area (Å²) in [6.45, 7) is 4.48. The highest BCUT2D eigenvalue weighted by atomic mass is 35.5. The van der Waals surface area contributed by atoms with Crippen LogP contribution >= 0.6 is 11.6 Å². The maximum Gasteiger partial charge on any atom is 0.278 e. The topological polar surface area (TPSA) is 159 Å². The molecule has 1 aliphatic heterocycles. The Hall–Kier alpha value is -4.76. The minimum atomic E-state index is -4.22. The zero-order valence-electron chi connectivity index (χ0n) is 29.8. The van der Waals surface area contributed by atoms with Crippen molar-refractivity contribution in [2.75, 3.05) is 31.3 Å². The van der Waals surface area contributed by atoms with Crippen LogP contribution in [-0.4, -0.2) is 59.2 Å². The summed E-state index contributed by atoms with van der Waals surface area (Å²) in [5.41, 5.74) is 2.71. The molecule has 1 heterocycles. The van der Waals surface area contributed by atoms with Crippen molar-refractivity contribution in [3.8, 4) is 11.5 Å². The molecule has 1 aliphatic carbocycles. The molecule has 3 N–H and O–H groups in total. The lowest BCUT2D eigenvalue weighted by Crippen LogP contribution is -2.44. The molecule has 6 rings (SSSR count). The third-order valence-electron chi connectivity index (χ3n) is 9.28. The fourth-order valence-electron chi connectivity index (χ4n) is 6.46. The molecule has 4 aromatic rings. The molecule has 12 nitrogen and oxygen atoms in total. The highest BCUT2D eigenvalue weighted by molar-refractivity contribution is 7.90. The maximum absolute atomic E-state index is 14.6. The molecule has 0 saturated heterocycles. The molecule has 0 atom stereocenters. The van der Waals surface area contributed by atoms with Crippen molar-refractivity contribution in [3.63, 3.8) is 0 Å². The van der Waals surface area contributed by atoms with Crippen LogP contribution in [0.1, 0.15) is 56.1 Å². The Balaban J connectivity index is 1.48. The van der Waals surface area contributed by atoms with Gasteiger partial charge in [-0.1, -0.05) is 49.1 Å². The number of sulfonamides is 2. The van der Waals surface area contributed by atoms with E-state index in [0.717, 1.165) is 41.2 Å². The lowest BCUT2D eigenvalue weighted by Gasteiger charge is -2.27. The van der Waals surface area contributed by atoms with E-state index in [9.17, 15) is 21.6 Å². The molecule has 15 heteroatoms. The van der Waals surface area contributed by atoms with E-state index in [4.69, 9.17) is 21.3 Å². The summed E-state index contributed by atoms with van der Waals surface area (Å²) in [6, 6.07) is 21.5. The van der Waals surface area contributed by atoms with E-state index >= 15 is 0 Å². The molecule has 2 aliphatic rings. The normalized spacial score (nSPS) is 16.1. The molecule has 53 heavy (non-hydrogen) atoms. The number of ether oxygens (including phenoxy) is 1. The van der Waals surface area contributed by atoms with Crippen LogP contribution in [0.15, 0.2) is 98.6 Å². The van der Waals surface area contributed by atoms with Gasteiger partial charge in [-0.25, -0.2) is 31.5 Å². The van der Waals surface area contributed by atoms with E-state index in [-0.39, 0.29) is 43.5 Å². The Bertz CT molecular complexity index is 2340. The number of nitrogens with one attached hydrogen (secondary N) is 3. The van der Waals surface area contributed by atoms with Crippen LogP contribution in [-0.2, 0) is 24.8 Å². The van der Waals surface area contributed by atoms with Gasteiger partial charge in [0.05, 0.1) is 22.0 Å². The summed E-state index contributed by atoms with van der Waals surface area (Å²) in [7, 11) is -5.61. The van der Waals surface area contributed by atoms with Gasteiger partial charge in [-0.05, 0) is 111 Å². The zero-order valence-corrected chi connectivity index (χ0v) is 32.2. The van der Waals surface area contributed by atoms with Gasteiger partial charge in [0.15, 0.2) is 17.3 Å². The first-order valence-corrected chi connectivity index (χ1v) is 20.6. The van der Waals surface area contributed by atoms with Crippen molar-refractivity contribution >= 4 is 71.9 Å². The van der Waals surface area contributed by atoms with Gasteiger partial charge >= 0.3 is 0 Å². The molecule has 4 aromatic carbocycles. The van der Waals surface area contributed by atoms with Gasteiger partial charge in [0.2, 0.25) is 10.0 Å². The van der Waals surface area contributed by atoms with Gasteiger partial charge in [-0.15, -0.1) is 0 Å². The number of anilines is 2. The molecule has 0 radical (unpaired) electrons. The molecule has 1 saturated carbocycles. The molecule has 0 aromatic heterocycles. The summed E-state index contributed by atoms with van der Waals surface area (Å²) < 4.78 is 63.2. The lowest BCUT2D eigenvalue weighted by molar-refractivity contribution is -0.110. The standard InChI is InChI=1S/C38H41ClN6O6S2/c1-5-41-27-16-19-30(24(2)21-27)42-36(37-43-31-18-15-26(39)22-35(31)53(49,50)45(37)4)38(46)44-32-23-28(52(47,48)40-3)17-20-34(32)51-33-14-10-9-13-29(33)25-11-7-6-8-12-25/h9-10,13-23,25,40-41H,5-8,11-12H2,1-4H3,(H,44,46)/b42-36-. The van der Waals surface area contributed by atoms with Crippen molar-refractivity contribution in [1.82, 2.24) is 9.03 Å². The number of aliphatic imine (C=N–C) groups is 2. The van der Waals surface area contributed by atoms with Gasteiger partial charge in [0, 0.05) is 24.3 Å². The maximum atomic E-state index is 14.6. The molecule has 0 bridgehead atoms. The molecule has 1 fully saturated rings. The van der Waals surface area contributed by atoms with Crippen LogP contribution in [0, 0.1) is 6.92 Å². The Morgan fingerprint density at radius 3 is 2.47 bits per heavy atom. The predicted molar refractivity (Wildman–Crippen MR) is 210 cm³/mol. The second-order valence-corrected chi connectivity index (χ2v) is 17.1. The molecule has 278 valence electrons. The molecular weight excluding hydrogens is 736 g/mol. The highest BCUT2D eigenvalue weighted by Crippen LogP contribution is 2.41. The number of benzene rings is 4. The molecule has 0 spiro atoms. The van der Waals surface area contributed by atoms with Crippen LogP contribution in [0.5, 0.6) is 11.5 Å². The number of fused-ring (bicyclic) bond motifs is 1. The number of hydrogen-bond donors (Lipinski definition) is 3. The van der Waals surface area contributed by atoms with Crippen LogP contribution in [0.25, 0.3) is 0 Å². The van der Waals surface area contributed by atoms with Crippen LogP contribution in [0.3, 0.4) is 0 Å². The van der Waals surface area contributed by atoms with Gasteiger partial charge < -0.3 is 15.4 Å². The summed E-state index contributed by atoms with van der Waals surface area (Å²) in [5, 5.41) is 6.23. The fourth-order valence-corrected chi connectivity index (χ4v) is 8.75. The second kappa shape index (κ2) is 15.7. The fraction of sp³-hybridized carbons (Fsp3) is 0.289. The SMILES string of the molecule is CCNc1ccc(/N=C(\C(=O)Nc2cc(S(=O)(=O)NC)ccc2Oc2ccccc2C2CCCCC2)C2=Nc3ccc(Cl)cc3S(=O)(=O)N2C)c(C)c1. The molecule has 0 unspecified atom stereocenters. The number of carbonyl (C=O) groups excluding carboxylic acids is 1. The Morgan fingerprint density at radius 1 is 1.00 bits per heavy atom.